The number of nitrogens with one attached hydrogen (secondary N) is 1. The zero-order valence-electron chi connectivity index (χ0n) is 7.81. The van der Waals surface area contributed by atoms with Crippen molar-refractivity contribution in [2.75, 3.05) is 11.1 Å². The summed E-state index contributed by atoms with van der Waals surface area (Å²) in [5, 5.41) is 6.49. The summed E-state index contributed by atoms with van der Waals surface area (Å²) >= 11 is 1.52. The fourth-order valence-corrected chi connectivity index (χ4v) is 1.74. The van der Waals surface area contributed by atoms with Crippen LogP contribution in [0.1, 0.15) is 10.4 Å². The molecule has 76 valence electrons. The highest BCUT2D eigenvalue weighted by Gasteiger charge is 2.09. The molecule has 0 aliphatic carbocycles. The van der Waals surface area contributed by atoms with Crippen molar-refractivity contribution in [2.24, 2.45) is 0 Å². The highest BCUT2D eigenvalue weighted by molar-refractivity contribution is 7.08. The van der Waals surface area contributed by atoms with Crippen molar-refractivity contribution in [2.45, 2.75) is 0 Å². The van der Waals surface area contributed by atoms with Crippen LogP contribution in [-0.2, 0) is 0 Å². The molecule has 2 heterocycles. The smallest absolute Gasteiger partial charge is 0.257 e. The molecule has 4 nitrogen and oxygen atoms in total. The number of nitrogens with zero attached hydrogens (tertiary/aromatic N) is 1. The summed E-state index contributed by atoms with van der Waals surface area (Å²) in [5.74, 6) is -0.215. The van der Waals surface area contributed by atoms with Gasteiger partial charge in [-0.3, -0.25) is 9.78 Å². The van der Waals surface area contributed by atoms with E-state index in [0.717, 1.165) is 5.69 Å². The summed E-state index contributed by atoms with van der Waals surface area (Å²) in [6.07, 6.45) is 3.00. The number of carbonyl (C=O) groups is 1. The Morgan fingerprint density at radius 3 is 3.00 bits per heavy atom. The Balaban J connectivity index is 2.19. The number of thiophene rings is 1. The third-order valence-corrected chi connectivity index (χ3v) is 2.56. The molecule has 0 saturated heterocycles. The van der Waals surface area contributed by atoms with Crippen LogP contribution in [0.15, 0.2) is 35.3 Å². The molecule has 2 aromatic heterocycles. The molecule has 15 heavy (non-hydrogen) atoms. The summed E-state index contributed by atoms with van der Waals surface area (Å²) in [5.41, 5.74) is 7.23. The van der Waals surface area contributed by atoms with E-state index in [1.807, 2.05) is 16.8 Å². The van der Waals surface area contributed by atoms with E-state index in [1.54, 1.807) is 12.3 Å². The van der Waals surface area contributed by atoms with Gasteiger partial charge < -0.3 is 11.1 Å². The van der Waals surface area contributed by atoms with Crippen molar-refractivity contribution in [3.05, 3.63) is 40.8 Å². The molecule has 0 aliphatic rings. The number of carbonyl (C=O) groups excluding carboxylic acids is 1. The van der Waals surface area contributed by atoms with Gasteiger partial charge in [0.2, 0.25) is 0 Å². The Labute approximate surface area is 90.8 Å². The lowest BCUT2D eigenvalue weighted by atomic mass is 10.2. The van der Waals surface area contributed by atoms with Crippen LogP contribution in [-0.4, -0.2) is 10.9 Å². The molecule has 0 unspecified atom stereocenters. The SMILES string of the molecule is Nc1cnccc1C(=O)Nc1ccsc1. The van der Waals surface area contributed by atoms with E-state index in [9.17, 15) is 4.79 Å². The molecule has 0 spiro atoms. The Hall–Kier alpha value is -1.88. The van der Waals surface area contributed by atoms with E-state index in [1.165, 1.54) is 17.5 Å². The molecule has 2 aromatic rings. The molecule has 5 heteroatoms. The molecular weight excluding hydrogens is 210 g/mol. The van der Waals surface area contributed by atoms with Crippen molar-refractivity contribution in [3.63, 3.8) is 0 Å². The summed E-state index contributed by atoms with van der Waals surface area (Å²) in [6.45, 7) is 0. The van der Waals surface area contributed by atoms with Crippen LogP contribution in [0, 0.1) is 0 Å². The Morgan fingerprint density at radius 1 is 1.47 bits per heavy atom. The second-order valence-corrected chi connectivity index (χ2v) is 3.71. The van der Waals surface area contributed by atoms with Crippen molar-refractivity contribution >= 4 is 28.6 Å². The molecule has 0 radical (unpaired) electrons. The minimum atomic E-state index is -0.215. The first kappa shape index (κ1) is 9.67. The Kier molecular flexibility index (Phi) is 2.64. The molecule has 1 amide bonds. The number of nitrogen functional groups attached to an aromatic ring is 1. The van der Waals surface area contributed by atoms with Crippen LogP contribution in [0.4, 0.5) is 11.4 Å². The van der Waals surface area contributed by atoms with Crippen LogP contribution >= 0.6 is 11.3 Å². The number of anilines is 2. The molecule has 2 rings (SSSR count). The first-order chi connectivity index (χ1) is 7.27. The average molecular weight is 219 g/mol. The van der Waals surface area contributed by atoms with Crippen molar-refractivity contribution < 1.29 is 4.79 Å². The molecule has 0 aliphatic heterocycles. The van der Waals surface area contributed by atoms with Crippen LogP contribution in [0.5, 0.6) is 0 Å². The predicted octanol–water partition coefficient (Wildman–Crippen LogP) is 1.98. The third-order valence-electron chi connectivity index (χ3n) is 1.88. The van der Waals surface area contributed by atoms with Gasteiger partial charge in [0.15, 0.2) is 0 Å². The molecule has 3 N–H and O–H groups in total. The van der Waals surface area contributed by atoms with Crippen LogP contribution in [0.2, 0.25) is 0 Å². The van der Waals surface area contributed by atoms with Gasteiger partial charge in [-0.25, -0.2) is 0 Å². The van der Waals surface area contributed by atoms with Gasteiger partial charge in [-0.05, 0) is 17.5 Å². The van der Waals surface area contributed by atoms with Gasteiger partial charge in [0, 0.05) is 11.6 Å². The second kappa shape index (κ2) is 4.10. The predicted molar refractivity (Wildman–Crippen MR) is 60.9 cm³/mol. The first-order valence-corrected chi connectivity index (χ1v) is 5.24. The van der Waals surface area contributed by atoms with Crippen molar-refractivity contribution in [3.8, 4) is 0 Å². The third kappa shape index (κ3) is 2.13. The topological polar surface area (TPSA) is 68.0 Å². The lowest BCUT2D eigenvalue weighted by Crippen LogP contribution is -2.13. The zero-order valence-corrected chi connectivity index (χ0v) is 8.62. The molecule has 0 bridgehead atoms. The number of aromatic nitrogens is 1. The maximum atomic E-state index is 11.7. The largest absolute Gasteiger partial charge is 0.397 e. The minimum Gasteiger partial charge on any atom is -0.397 e. The number of amides is 1. The van der Waals surface area contributed by atoms with E-state index in [0.29, 0.717) is 11.3 Å². The molecule has 0 fully saturated rings. The van der Waals surface area contributed by atoms with Gasteiger partial charge in [0.05, 0.1) is 23.1 Å². The number of hydrogen-bond donors (Lipinski definition) is 2. The lowest BCUT2D eigenvalue weighted by Gasteiger charge is -2.04. The van der Waals surface area contributed by atoms with E-state index >= 15 is 0 Å². The normalized spacial score (nSPS) is 9.87. The number of hydrogen-bond acceptors (Lipinski definition) is 4. The van der Waals surface area contributed by atoms with E-state index in [4.69, 9.17) is 5.73 Å². The summed E-state index contributed by atoms with van der Waals surface area (Å²) < 4.78 is 0. The van der Waals surface area contributed by atoms with E-state index in [2.05, 4.69) is 10.3 Å². The van der Waals surface area contributed by atoms with Gasteiger partial charge in [-0.2, -0.15) is 11.3 Å². The van der Waals surface area contributed by atoms with Crippen molar-refractivity contribution in [1.29, 1.82) is 0 Å². The maximum Gasteiger partial charge on any atom is 0.257 e. The second-order valence-electron chi connectivity index (χ2n) is 2.93. The van der Waals surface area contributed by atoms with Gasteiger partial charge in [-0.1, -0.05) is 0 Å². The standard InChI is InChI=1S/C10H9N3OS/c11-9-5-12-3-1-8(9)10(14)13-7-2-4-15-6-7/h1-6H,11H2,(H,13,14). The summed E-state index contributed by atoms with van der Waals surface area (Å²) in [7, 11) is 0. The van der Waals surface area contributed by atoms with E-state index < -0.39 is 0 Å². The molecule has 0 saturated carbocycles. The molecular formula is C10H9N3OS. The molecule has 0 atom stereocenters. The maximum absolute atomic E-state index is 11.7. The highest BCUT2D eigenvalue weighted by atomic mass is 32.1. The molecule has 0 aromatic carbocycles. The average Bonchev–Trinajstić information content (AvgIpc) is 2.71. The lowest BCUT2D eigenvalue weighted by molar-refractivity contribution is 0.102. The first-order valence-electron chi connectivity index (χ1n) is 4.30. The fraction of sp³-hybridized carbons (Fsp3) is 0. The fourth-order valence-electron chi connectivity index (χ4n) is 1.15. The van der Waals surface area contributed by atoms with Crippen LogP contribution in [0.25, 0.3) is 0 Å². The van der Waals surface area contributed by atoms with Crippen molar-refractivity contribution in [1.82, 2.24) is 4.98 Å². The van der Waals surface area contributed by atoms with Gasteiger partial charge in [0.1, 0.15) is 0 Å². The Morgan fingerprint density at radius 2 is 2.33 bits per heavy atom. The number of nitrogens with two attached hydrogens (primary N) is 1. The number of pyridine rings is 1. The van der Waals surface area contributed by atoms with Gasteiger partial charge >= 0.3 is 0 Å². The summed E-state index contributed by atoms with van der Waals surface area (Å²) in [6, 6.07) is 3.43. The number of rotatable bonds is 2. The van der Waals surface area contributed by atoms with Crippen LogP contribution in [0.3, 0.4) is 0 Å². The van der Waals surface area contributed by atoms with E-state index in [-0.39, 0.29) is 5.91 Å². The highest BCUT2D eigenvalue weighted by Crippen LogP contribution is 2.15. The van der Waals surface area contributed by atoms with Crippen LogP contribution < -0.4 is 11.1 Å². The summed E-state index contributed by atoms with van der Waals surface area (Å²) in [4.78, 5) is 15.5. The van der Waals surface area contributed by atoms with Gasteiger partial charge in [0.25, 0.3) is 5.91 Å². The Bertz CT molecular complexity index is 467. The van der Waals surface area contributed by atoms with Gasteiger partial charge in [-0.15, -0.1) is 0 Å². The monoisotopic (exact) mass is 219 g/mol. The quantitative estimate of drug-likeness (QED) is 0.811. The minimum absolute atomic E-state index is 0.215. The zero-order chi connectivity index (χ0) is 10.7.